The van der Waals surface area contributed by atoms with Crippen LogP contribution in [0.1, 0.15) is 36.8 Å². The third kappa shape index (κ3) is 8.57. The number of amides is 3. The van der Waals surface area contributed by atoms with Gasteiger partial charge in [-0.2, -0.15) is 0 Å². The molecule has 0 saturated carbocycles. The number of carbonyl (C=O) groups excluding carboxylic acids is 3. The Morgan fingerprint density at radius 3 is 2.52 bits per heavy atom. The van der Waals surface area contributed by atoms with Gasteiger partial charge in [0.05, 0.1) is 5.92 Å². The molecule has 0 spiro atoms. The van der Waals surface area contributed by atoms with Crippen molar-refractivity contribution < 1.29 is 19.1 Å². The molecular formula is C25H32N4O4. The minimum atomic E-state index is -0.495. The number of alkyl carbamates (subject to hydrolysis) is 1. The van der Waals surface area contributed by atoms with Crippen molar-refractivity contribution in [1.29, 1.82) is 0 Å². The number of hydrogen-bond acceptors (Lipinski definition) is 5. The number of hydrogen-bond donors (Lipinski definition) is 3. The maximum atomic E-state index is 12.2. The molecule has 176 valence electrons. The molecule has 1 heterocycles. The summed E-state index contributed by atoms with van der Waals surface area (Å²) in [5, 5.41) is 5.53. The number of carbonyl (C=O) groups is 3. The number of anilines is 1. The van der Waals surface area contributed by atoms with Crippen LogP contribution in [0.25, 0.3) is 0 Å². The van der Waals surface area contributed by atoms with Crippen LogP contribution in [-0.4, -0.2) is 42.4 Å². The molecule has 1 fully saturated rings. The Balaban J connectivity index is 1.31. The fraction of sp³-hybridized carbons (Fsp3) is 0.400. The van der Waals surface area contributed by atoms with Gasteiger partial charge in [-0.15, -0.1) is 0 Å². The third-order valence-corrected chi connectivity index (χ3v) is 5.61. The molecule has 8 nitrogen and oxygen atoms in total. The lowest BCUT2D eigenvalue weighted by Crippen LogP contribution is -2.40. The van der Waals surface area contributed by atoms with E-state index in [2.05, 4.69) is 15.5 Å². The largest absolute Gasteiger partial charge is 0.445 e. The van der Waals surface area contributed by atoms with Gasteiger partial charge < -0.3 is 21.1 Å². The van der Waals surface area contributed by atoms with E-state index in [0.717, 1.165) is 42.7 Å². The van der Waals surface area contributed by atoms with Crippen molar-refractivity contribution in [3.05, 3.63) is 65.7 Å². The molecule has 1 atom stereocenters. The first-order valence-electron chi connectivity index (χ1n) is 11.3. The topological polar surface area (TPSA) is 114 Å². The molecule has 3 amide bonds. The average Bonchev–Trinajstić information content (AvgIpc) is 2.82. The Hall–Kier alpha value is -3.39. The number of primary amides is 1. The van der Waals surface area contributed by atoms with Crippen molar-refractivity contribution in [2.24, 2.45) is 11.7 Å². The van der Waals surface area contributed by atoms with Crippen molar-refractivity contribution in [2.45, 2.75) is 38.8 Å². The molecule has 0 bridgehead atoms. The van der Waals surface area contributed by atoms with Gasteiger partial charge in [0.2, 0.25) is 11.8 Å². The molecule has 1 aliphatic heterocycles. The monoisotopic (exact) mass is 452 g/mol. The van der Waals surface area contributed by atoms with Crippen LogP contribution in [0.4, 0.5) is 10.5 Å². The van der Waals surface area contributed by atoms with E-state index in [0.29, 0.717) is 25.9 Å². The van der Waals surface area contributed by atoms with Crippen LogP contribution in [-0.2, 0) is 27.5 Å². The Kier molecular flexibility index (Phi) is 9.26. The van der Waals surface area contributed by atoms with Gasteiger partial charge in [-0.05, 0) is 49.1 Å². The number of piperidine rings is 1. The number of rotatable bonds is 10. The van der Waals surface area contributed by atoms with E-state index in [9.17, 15) is 14.4 Å². The number of nitrogens with one attached hydrogen (secondary N) is 2. The number of nitrogens with two attached hydrogens (primary N) is 1. The van der Waals surface area contributed by atoms with Crippen LogP contribution in [0.2, 0.25) is 0 Å². The highest BCUT2D eigenvalue weighted by Gasteiger charge is 2.23. The lowest BCUT2D eigenvalue weighted by Gasteiger charge is -2.31. The second-order valence-corrected chi connectivity index (χ2v) is 8.31. The summed E-state index contributed by atoms with van der Waals surface area (Å²) in [5.41, 5.74) is 8.22. The van der Waals surface area contributed by atoms with Crippen LogP contribution >= 0.6 is 0 Å². The Morgan fingerprint density at radius 2 is 1.79 bits per heavy atom. The van der Waals surface area contributed by atoms with Crippen molar-refractivity contribution in [1.82, 2.24) is 10.2 Å². The molecule has 4 N–H and O–H groups in total. The summed E-state index contributed by atoms with van der Waals surface area (Å²) in [6.45, 7) is 2.98. The predicted molar refractivity (Wildman–Crippen MR) is 126 cm³/mol. The smallest absolute Gasteiger partial charge is 0.407 e. The molecule has 3 rings (SSSR count). The van der Waals surface area contributed by atoms with Gasteiger partial charge in [-0.3, -0.25) is 14.5 Å². The molecule has 0 aliphatic carbocycles. The third-order valence-electron chi connectivity index (χ3n) is 5.61. The van der Waals surface area contributed by atoms with E-state index in [1.54, 1.807) is 0 Å². The molecule has 1 unspecified atom stereocenters. The maximum absolute atomic E-state index is 12.2. The average molecular weight is 453 g/mol. The zero-order valence-corrected chi connectivity index (χ0v) is 18.8. The maximum Gasteiger partial charge on any atom is 0.407 e. The highest BCUT2D eigenvalue weighted by atomic mass is 16.5. The molecular weight excluding hydrogens is 420 g/mol. The van der Waals surface area contributed by atoms with Crippen LogP contribution < -0.4 is 16.4 Å². The summed E-state index contributed by atoms with van der Waals surface area (Å²) >= 11 is 0. The van der Waals surface area contributed by atoms with Gasteiger partial charge in [-0.1, -0.05) is 42.5 Å². The van der Waals surface area contributed by atoms with E-state index in [1.165, 1.54) is 0 Å². The molecule has 1 aliphatic rings. The Bertz CT molecular complexity index is 918. The molecule has 33 heavy (non-hydrogen) atoms. The fourth-order valence-electron chi connectivity index (χ4n) is 3.82. The van der Waals surface area contributed by atoms with E-state index in [-0.39, 0.29) is 24.3 Å². The number of benzene rings is 2. The van der Waals surface area contributed by atoms with E-state index in [1.807, 2.05) is 54.6 Å². The van der Waals surface area contributed by atoms with Crippen molar-refractivity contribution in [3.63, 3.8) is 0 Å². The zero-order valence-electron chi connectivity index (χ0n) is 18.8. The van der Waals surface area contributed by atoms with Crippen molar-refractivity contribution >= 4 is 23.6 Å². The molecule has 0 radical (unpaired) electrons. The minimum Gasteiger partial charge on any atom is -0.445 e. The SMILES string of the molecule is NC(=O)C1CCCN(Cc2ccc(NC(=O)CCCNC(=O)OCc3ccccc3)cc2)C1. The van der Waals surface area contributed by atoms with Gasteiger partial charge in [0, 0.05) is 31.7 Å². The highest BCUT2D eigenvalue weighted by Crippen LogP contribution is 2.19. The Morgan fingerprint density at radius 1 is 1.03 bits per heavy atom. The summed E-state index contributed by atoms with van der Waals surface area (Å²) in [6.07, 6.45) is 2.15. The quantitative estimate of drug-likeness (QED) is 0.480. The number of likely N-dealkylation sites (tertiary alicyclic amines) is 1. The summed E-state index contributed by atoms with van der Waals surface area (Å²) in [7, 11) is 0. The molecule has 8 heteroatoms. The lowest BCUT2D eigenvalue weighted by molar-refractivity contribution is -0.123. The molecule has 0 aromatic heterocycles. The summed E-state index contributed by atoms with van der Waals surface area (Å²) in [6, 6.07) is 17.2. The zero-order chi connectivity index (χ0) is 23.5. The van der Waals surface area contributed by atoms with Gasteiger partial charge in [0.15, 0.2) is 0 Å². The normalized spacial score (nSPS) is 16.1. The minimum absolute atomic E-state index is 0.0717. The first-order chi connectivity index (χ1) is 16.0. The van der Waals surface area contributed by atoms with Crippen molar-refractivity contribution in [2.75, 3.05) is 25.0 Å². The predicted octanol–water partition coefficient (Wildman–Crippen LogP) is 3.03. The second-order valence-electron chi connectivity index (χ2n) is 8.31. The van der Waals surface area contributed by atoms with Crippen LogP contribution in [0.15, 0.2) is 54.6 Å². The first kappa shape index (κ1) is 24.3. The highest BCUT2D eigenvalue weighted by molar-refractivity contribution is 5.90. The van der Waals surface area contributed by atoms with Gasteiger partial charge in [-0.25, -0.2) is 4.79 Å². The molecule has 2 aromatic carbocycles. The van der Waals surface area contributed by atoms with Gasteiger partial charge >= 0.3 is 6.09 Å². The van der Waals surface area contributed by atoms with Crippen LogP contribution in [0.5, 0.6) is 0 Å². The van der Waals surface area contributed by atoms with E-state index >= 15 is 0 Å². The fourth-order valence-corrected chi connectivity index (χ4v) is 3.82. The number of ether oxygens (including phenoxy) is 1. The van der Waals surface area contributed by atoms with E-state index in [4.69, 9.17) is 10.5 Å². The van der Waals surface area contributed by atoms with Gasteiger partial charge in [0.1, 0.15) is 6.61 Å². The Labute approximate surface area is 194 Å². The molecule has 2 aromatic rings. The summed E-state index contributed by atoms with van der Waals surface area (Å²) in [5.74, 6) is -0.405. The van der Waals surface area contributed by atoms with E-state index < -0.39 is 6.09 Å². The molecule has 1 saturated heterocycles. The first-order valence-corrected chi connectivity index (χ1v) is 11.3. The lowest BCUT2D eigenvalue weighted by atomic mass is 9.97. The summed E-state index contributed by atoms with van der Waals surface area (Å²) in [4.78, 5) is 37.6. The van der Waals surface area contributed by atoms with Gasteiger partial charge in [0.25, 0.3) is 0 Å². The standard InChI is InChI=1S/C25H32N4O4/c26-24(31)21-8-5-15-29(17-21)16-19-10-12-22(13-11-19)28-23(30)9-4-14-27-25(32)33-18-20-6-2-1-3-7-20/h1-3,6-7,10-13,21H,4-5,8-9,14-18H2,(H2,26,31)(H,27,32)(H,28,30). The summed E-state index contributed by atoms with van der Waals surface area (Å²) < 4.78 is 5.14. The van der Waals surface area contributed by atoms with Crippen LogP contribution in [0, 0.1) is 5.92 Å². The number of nitrogens with zero attached hydrogens (tertiary/aromatic N) is 1. The van der Waals surface area contributed by atoms with Crippen molar-refractivity contribution in [3.8, 4) is 0 Å². The second kappa shape index (κ2) is 12.6. The van der Waals surface area contributed by atoms with Crippen LogP contribution in [0.3, 0.4) is 0 Å².